The third-order valence-electron chi connectivity index (χ3n) is 5.21. The van der Waals surface area contributed by atoms with Crippen molar-refractivity contribution in [3.8, 4) is 11.5 Å². The second kappa shape index (κ2) is 6.98. The van der Waals surface area contributed by atoms with E-state index in [1.165, 1.54) is 0 Å². The number of hydrogen-bond acceptors (Lipinski definition) is 5. The molecule has 0 aliphatic carbocycles. The van der Waals surface area contributed by atoms with Crippen molar-refractivity contribution in [3.05, 3.63) is 41.8 Å². The Labute approximate surface area is 147 Å². The number of carbonyl (C=O) groups is 1. The zero-order chi connectivity index (χ0) is 17.2. The number of aryl methyl sites for hydroxylation is 1. The number of aromatic nitrogens is 1. The van der Waals surface area contributed by atoms with E-state index in [1.807, 2.05) is 36.1 Å². The maximum Gasteiger partial charge on any atom is 0.255 e. The molecule has 1 unspecified atom stereocenters. The number of likely N-dealkylation sites (tertiary alicyclic amines) is 1. The Morgan fingerprint density at radius 2 is 2.08 bits per heavy atom. The van der Waals surface area contributed by atoms with Gasteiger partial charge in [0.1, 0.15) is 5.69 Å². The Kier molecular flexibility index (Phi) is 4.55. The van der Waals surface area contributed by atoms with Crippen molar-refractivity contribution in [2.75, 3.05) is 39.3 Å². The number of rotatable bonds is 3. The van der Waals surface area contributed by atoms with E-state index in [1.54, 1.807) is 6.26 Å². The smallest absolute Gasteiger partial charge is 0.255 e. The molecule has 1 atom stereocenters. The van der Waals surface area contributed by atoms with Crippen molar-refractivity contribution >= 4 is 5.91 Å². The highest BCUT2D eigenvalue weighted by molar-refractivity contribution is 5.95. The van der Waals surface area contributed by atoms with Crippen LogP contribution in [0.1, 0.15) is 22.5 Å². The number of carbonyl (C=O) groups excluding carboxylic acids is 1. The van der Waals surface area contributed by atoms with Crippen LogP contribution in [0, 0.1) is 6.92 Å². The van der Waals surface area contributed by atoms with Gasteiger partial charge in [-0.1, -0.05) is 0 Å². The van der Waals surface area contributed by atoms with Gasteiger partial charge in [-0.2, -0.15) is 0 Å². The summed E-state index contributed by atoms with van der Waals surface area (Å²) in [5.74, 6) is 0.815. The molecule has 0 bridgehead atoms. The van der Waals surface area contributed by atoms with Gasteiger partial charge in [-0.3, -0.25) is 9.69 Å². The molecule has 0 radical (unpaired) electrons. The molecule has 2 aliphatic heterocycles. The van der Waals surface area contributed by atoms with Gasteiger partial charge in [0.25, 0.3) is 5.91 Å². The monoisotopic (exact) mass is 340 g/mol. The molecule has 1 amide bonds. The van der Waals surface area contributed by atoms with Crippen molar-refractivity contribution < 1.29 is 9.21 Å². The zero-order valence-corrected chi connectivity index (χ0v) is 14.6. The molecule has 132 valence electrons. The molecule has 4 heterocycles. The minimum absolute atomic E-state index is 0.0913. The first-order valence-electron chi connectivity index (χ1n) is 8.98. The Hall–Kier alpha value is -2.18. The zero-order valence-electron chi connectivity index (χ0n) is 14.6. The summed E-state index contributed by atoms with van der Waals surface area (Å²) in [5.41, 5.74) is 2.21. The lowest BCUT2D eigenvalue weighted by Crippen LogP contribution is -2.49. The predicted octanol–water partition coefficient (Wildman–Crippen LogP) is 1.77. The predicted molar refractivity (Wildman–Crippen MR) is 95.4 cm³/mol. The molecule has 2 aromatic heterocycles. The van der Waals surface area contributed by atoms with Gasteiger partial charge in [0, 0.05) is 45.3 Å². The number of hydrogen-bond donors (Lipinski definition) is 1. The Morgan fingerprint density at radius 1 is 1.24 bits per heavy atom. The molecule has 25 heavy (non-hydrogen) atoms. The minimum atomic E-state index is 0.0913. The van der Waals surface area contributed by atoms with Gasteiger partial charge in [0.2, 0.25) is 0 Å². The van der Waals surface area contributed by atoms with Crippen molar-refractivity contribution in [2.24, 2.45) is 0 Å². The SMILES string of the molecule is Cc1nc(-c2ccco2)ccc1C(=O)N1CCC(N2CCNCC2)C1. The van der Waals surface area contributed by atoms with Crippen molar-refractivity contribution in [3.63, 3.8) is 0 Å². The Bertz CT molecular complexity index is 738. The summed E-state index contributed by atoms with van der Waals surface area (Å²) in [6.07, 6.45) is 2.69. The van der Waals surface area contributed by atoms with Crippen LogP contribution in [-0.2, 0) is 0 Å². The van der Waals surface area contributed by atoms with Crippen molar-refractivity contribution in [1.82, 2.24) is 20.1 Å². The molecule has 1 N–H and O–H groups in total. The van der Waals surface area contributed by atoms with E-state index >= 15 is 0 Å². The third-order valence-corrected chi connectivity index (χ3v) is 5.21. The molecule has 0 aromatic carbocycles. The van der Waals surface area contributed by atoms with Gasteiger partial charge in [0.15, 0.2) is 5.76 Å². The van der Waals surface area contributed by atoms with Crippen molar-refractivity contribution in [1.29, 1.82) is 0 Å². The number of furan rings is 1. The Balaban J connectivity index is 1.46. The fraction of sp³-hybridized carbons (Fsp3) is 0.474. The molecule has 0 spiro atoms. The molecule has 2 aliphatic rings. The average Bonchev–Trinajstić information content (AvgIpc) is 3.34. The highest BCUT2D eigenvalue weighted by Gasteiger charge is 2.32. The lowest BCUT2D eigenvalue weighted by atomic mass is 10.1. The topological polar surface area (TPSA) is 61.6 Å². The van der Waals surface area contributed by atoms with E-state index in [0.717, 1.165) is 62.8 Å². The molecular formula is C19H24N4O2. The van der Waals surface area contributed by atoms with Crippen LogP contribution in [0.3, 0.4) is 0 Å². The quantitative estimate of drug-likeness (QED) is 0.923. The summed E-state index contributed by atoms with van der Waals surface area (Å²) in [7, 11) is 0. The first-order valence-corrected chi connectivity index (χ1v) is 8.98. The number of nitrogens with zero attached hydrogens (tertiary/aromatic N) is 3. The fourth-order valence-electron chi connectivity index (χ4n) is 3.79. The Morgan fingerprint density at radius 3 is 2.80 bits per heavy atom. The number of nitrogens with one attached hydrogen (secondary N) is 1. The van der Waals surface area contributed by atoms with E-state index < -0.39 is 0 Å². The van der Waals surface area contributed by atoms with Crippen LogP contribution in [0.25, 0.3) is 11.5 Å². The summed E-state index contributed by atoms with van der Waals surface area (Å²) in [4.78, 5) is 22.0. The standard InChI is InChI=1S/C19H24N4O2/c1-14-16(4-5-17(21-14)18-3-2-12-25-18)19(24)23-9-6-15(13-23)22-10-7-20-8-11-22/h2-5,12,15,20H,6-11,13H2,1H3. The minimum Gasteiger partial charge on any atom is -0.463 e. The summed E-state index contributed by atoms with van der Waals surface area (Å²) in [6.45, 7) is 7.77. The van der Waals surface area contributed by atoms with E-state index in [9.17, 15) is 4.79 Å². The van der Waals surface area contributed by atoms with Gasteiger partial charge in [-0.05, 0) is 37.6 Å². The van der Waals surface area contributed by atoms with Gasteiger partial charge < -0.3 is 14.6 Å². The maximum absolute atomic E-state index is 12.9. The van der Waals surface area contributed by atoms with Crippen LogP contribution in [0.4, 0.5) is 0 Å². The summed E-state index contributed by atoms with van der Waals surface area (Å²) in [5, 5.41) is 3.38. The van der Waals surface area contributed by atoms with Crippen LogP contribution < -0.4 is 5.32 Å². The number of pyridine rings is 1. The maximum atomic E-state index is 12.9. The highest BCUT2D eigenvalue weighted by Crippen LogP contribution is 2.22. The number of amides is 1. The molecule has 6 nitrogen and oxygen atoms in total. The molecule has 2 aromatic rings. The van der Waals surface area contributed by atoms with E-state index in [-0.39, 0.29) is 5.91 Å². The van der Waals surface area contributed by atoms with Crippen LogP contribution >= 0.6 is 0 Å². The van der Waals surface area contributed by atoms with Gasteiger partial charge >= 0.3 is 0 Å². The summed E-state index contributed by atoms with van der Waals surface area (Å²) in [6, 6.07) is 7.94. The molecule has 0 saturated carbocycles. The second-order valence-corrected chi connectivity index (χ2v) is 6.79. The second-order valence-electron chi connectivity index (χ2n) is 6.79. The molecule has 2 fully saturated rings. The number of piperazine rings is 1. The van der Waals surface area contributed by atoms with Crippen LogP contribution in [0.5, 0.6) is 0 Å². The van der Waals surface area contributed by atoms with Crippen LogP contribution in [0.2, 0.25) is 0 Å². The molecule has 4 rings (SSSR count). The lowest BCUT2D eigenvalue weighted by Gasteiger charge is -2.32. The third kappa shape index (κ3) is 3.32. The van der Waals surface area contributed by atoms with E-state index in [0.29, 0.717) is 11.6 Å². The molecule has 2 saturated heterocycles. The lowest BCUT2D eigenvalue weighted by molar-refractivity contribution is 0.0772. The van der Waals surface area contributed by atoms with Crippen molar-refractivity contribution in [2.45, 2.75) is 19.4 Å². The summed E-state index contributed by atoms with van der Waals surface area (Å²) < 4.78 is 5.39. The largest absolute Gasteiger partial charge is 0.463 e. The van der Waals surface area contributed by atoms with Gasteiger partial charge in [-0.25, -0.2) is 4.98 Å². The highest BCUT2D eigenvalue weighted by atomic mass is 16.3. The van der Waals surface area contributed by atoms with Gasteiger partial charge in [0.05, 0.1) is 17.5 Å². The fourth-order valence-corrected chi connectivity index (χ4v) is 3.79. The molecular weight excluding hydrogens is 316 g/mol. The summed E-state index contributed by atoms with van der Waals surface area (Å²) >= 11 is 0. The van der Waals surface area contributed by atoms with Crippen LogP contribution in [-0.4, -0.2) is 66.0 Å². The van der Waals surface area contributed by atoms with E-state index in [2.05, 4.69) is 15.2 Å². The van der Waals surface area contributed by atoms with Gasteiger partial charge in [-0.15, -0.1) is 0 Å². The average molecular weight is 340 g/mol. The van der Waals surface area contributed by atoms with Crippen LogP contribution in [0.15, 0.2) is 34.9 Å². The normalized spacial score (nSPS) is 21.6. The first-order chi connectivity index (χ1) is 12.2. The van der Waals surface area contributed by atoms with E-state index in [4.69, 9.17) is 4.42 Å². The first kappa shape index (κ1) is 16.3. The molecule has 6 heteroatoms.